The number of halogens is 1. The van der Waals surface area contributed by atoms with E-state index in [9.17, 15) is 5.11 Å². The van der Waals surface area contributed by atoms with Crippen molar-refractivity contribution in [2.75, 3.05) is 4.43 Å². The molecule has 0 spiro atoms. The summed E-state index contributed by atoms with van der Waals surface area (Å²) in [6, 6.07) is 0. The van der Waals surface area contributed by atoms with Crippen LogP contribution < -0.4 is 0 Å². The summed E-state index contributed by atoms with van der Waals surface area (Å²) in [6.45, 7) is 0. The van der Waals surface area contributed by atoms with Crippen molar-refractivity contribution in [1.29, 1.82) is 0 Å². The van der Waals surface area contributed by atoms with Crippen molar-refractivity contribution < 1.29 is 5.11 Å². The van der Waals surface area contributed by atoms with E-state index in [2.05, 4.69) is 22.6 Å². The van der Waals surface area contributed by atoms with Gasteiger partial charge in [-0.15, -0.1) is 0 Å². The first-order valence-corrected chi connectivity index (χ1v) is 10.5. The normalized spacial score (nSPS) is 54.9. The molecule has 0 aromatic rings. The van der Waals surface area contributed by atoms with Crippen LogP contribution >= 0.6 is 22.6 Å². The number of aliphatic hydroxyl groups excluding tert-OH is 1. The molecule has 7 atom stereocenters. The van der Waals surface area contributed by atoms with Crippen molar-refractivity contribution in [2.24, 2.45) is 35.0 Å². The van der Waals surface area contributed by atoms with Gasteiger partial charge in [0.25, 0.3) is 0 Å². The maximum absolute atomic E-state index is 11.0. The predicted molar refractivity (Wildman–Crippen MR) is 90.9 cm³/mol. The Morgan fingerprint density at radius 1 is 0.950 bits per heavy atom. The smallest absolute Gasteiger partial charge is 0.0579 e. The third kappa shape index (κ3) is 2.03. The molecule has 4 rings (SSSR count). The quantitative estimate of drug-likeness (QED) is 0.505. The van der Waals surface area contributed by atoms with Crippen molar-refractivity contribution in [3.63, 3.8) is 0 Å². The lowest BCUT2D eigenvalue weighted by Crippen LogP contribution is -2.54. The highest BCUT2D eigenvalue weighted by molar-refractivity contribution is 14.1. The molecule has 0 aliphatic heterocycles. The lowest BCUT2D eigenvalue weighted by molar-refractivity contribution is -0.120. The third-order valence-electron chi connectivity index (χ3n) is 7.65. The zero-order valence-corrected chi connectivity index (χ0v) is 14.7. The van der Waals surface area contributed by atoms with Crippen LogP contribution in [0.4, 0.5) is 0 Å². The van der Waals surface area contributed by atoms with E-state index in [1.54, 1.807) is 0 Å². The highest BCUT2D eigenvalue weighted by Gasteiger charge is 2.57. The second-order valence-corrected chi connectivity index (χ2v) is 9.06. The maximum Gasteiger partial charge on any atom is 0.0579 e. The van der Waals surface area contributed by atoms with Crippen LogP contribution in [0.1, 0.15) is 64.2 Å². The zero-order valence-electron chi connectivity index (χ0n) is 12.6. The van der Waals surface area contributed by atoms with E-state index in [1.807, 2.05) is 0 Å². The van der Waals surface area contributed by atoms with Gasteiger partial charge in [-0.2, -0.15) is 0 Å². The van der Waals surface area contributed by atoms with Crippen LogP contribution in [0.5, 0.6) is 0 Å². The minimum Gasteiger partial charge on any atom is -0.393 e. The molecule has 2 heteroatoms. The summed E-state index contributed by atoms with van der Waals surface area (Å²) in [4.78, 5) is 0. The molecule has 0 radical (unpaired) electrons. The average molecular weight is 388 g/mol. The Morgan fingerprint density at radius 3 is 2.65 bits per heavy atom. The largest absolute Gasteiger partial charge is 0.393 e. The van der Waals surface area contributed by atoms with Crippen molar-refractivity contribution in [3.05, 3.63) is 0 Å². The molecule has 1 N–H and O–H groups in total. The molecule has 20 heavy (non-hydrogen) atoms. The highest BCUT2D eigenvalue weighted by Crippen LogP contribution is 2.63. The number of alkyl halides is 1. The van der Waals surface area contributed by atoms with Gasteiger partial charge in [0, 0.05) is 4.43 Å². The number of hydrogen-bond donors (Lipinski definition) is 1. The minimum absolute atomic E-state index is 0.0232. The summed E-state index contributed by atoms with van der Waals surface area (Å²) in [5.74, 6) is 4.35. The fourth-order valence-electron chi connectivity index (χ4n) is 6.92. The molecule has 0 bridgehead atoms. The van der Waals surface area contributed by atoms with E-state index in [1.165, 1.54) is 62.2 Å². The summed E-state index contributed by atoms with van der Waals surface area (Å²) in [5.41, 5.74) is 0.517. The average Bonchev–Trinajstić information content (AvgIpc) is 2.91. The Morgan fingerprint density at radius 2 is 1.80 bits per heavy atom. The van der Waals surface area contributed by atoms with E-state index in [0.717, 1.165) is 30.1 Å². The van der Waals surface area contributed by atoms with Gasteiger partial charge < -0.3 is 5.11 Å². The Bertz CT molecular complexity index is 370. The lowest BCUT2D eigenvalue weighted by Gasteiger charge is -2.57. The molecular formula is C18H29IO. The van der Waals surface area contributed by atoms with Gasteiger partial charge in [0.2, 0.25) is 0 Å². The third-order valence-corrected chi connectivity index (χ3v) is 9.17. The fraction of sp³-hybridized carbons (Fsp3) is 1.00. The molecule has 0 aromatic carbocycles. The van der Waals surface area contributed by atoms with Gasteiger partial charge in [-0.3, -0.25) is 0 Å². The van der Waals surface area contributed by atoms with Crippen molar-refractivity contribution in [1.82, 2.24) is 0 Å². The molecule has 4 aliphatic rings. The molecule has 0 aromatic heterocycles. The van der Waals surface area contributed by atoms with Gasteiger partial charge in [0.15, 0.2) is 0 Å². The van der Waals surface area contributed by atoms with Crippen molar-refractivity contribution in [3.8, 4) is 0 Å². The second kappa shape index (κ2) is 5.40. The molecule has 4 aliphatic carbocycles. The fourth-order valence-corrected chi connectivity index (χ4v) is 8.18. The van der Waals surface area contributed by atoms with Crippen LogP contribution in [-0.4, -0.2) is 15.6 Å². The van der Waals surface area contributed by atoms with E-state index in [0.29, 0.717) is 11.3 Å². The van der Waals surface area contributed by atoms with E-state index in [-0.39, 0.29) is 6.10 Å². The van der Waals surface area contributed by atoms with Crippen LogP contribution in [0.25, 0.3) is 0 Å². The van der Waals surface area contributed by atoms with Crippen molar-refractivity contribution in [2.45, 2.75) is 70.3 Å². The Balaban J connectivity index is 1.64. The summed E-state index contributed by atoms with van der Waals surface area (Å²) < 4.78 is 1.28. The summed E-state index contributed by atoms with van der Waals surface area (Å²) in [5, 5.41) is 11.0. The second-order valence-electron chi connectivity index (χ2n) is 8.29. The first-order chi connectivity index (χ1) is 9.75. The van der Waals surface area contributed by atoms with Crippen LogP contribution in [0.3, 0.4) is 0 Å². The lowest BCUT2D eigenvalue weighted by atomic mass is 9.50. The topological polar surface area (TPSA) is 20.2 Å². The van der Waals surface area contributed by atoms with Crippen molar-refractivity contribution >= 4 is 22.6 Å². The van der Waals surface area contributed by atoms with Gasteiger partial charge in [0.1, 0.15) is 0 Å². The van der Waals surface area contributed by atoms with E-state index >= 15 is 0 Å². The minimum atomic E-state index is 0.0232. The molecule has 0 heterocycles. The Hall–Kier alpha value is 0.690. The van der Waals surface area contributed by atoms with Crippen LogP contribution in [0.15, 0.2) is 0 Å². The number of aliphatic hydroxyl groups is 1. The molecule has 0 saturated heterocycles. The molecular weight excluding hydrogens is 359 g/mol. The maximum atomic E-state index is 11.0. The van der Waals surface area contributed by atoms with Gasteiger partial charge in [0.05, 0.1) is 6.10 Å². The monoisotopic (exact) mass is 388 g/mol. The molecule has 114 valence electrons. The van der Waals surface area contributed by atoms with Crippen LogP contribution in [-0.2, 0) is 0 Å². The molecule has 4 fully saturated rings. The van der Waals surface area contributed by atoms with Gasteiger partial charge in [-0.05, 0) is 73.5 Å². The molecule has 1 nitrogen and oxygen atoms in total. The first kappa shape index (κ1) is 14.3. The van der Waals surface area contributed by atoms with E-state index < -0.39 is 0 Å². The van der Waals surface area contributed by atoms with E-state index in [4.69, 9.17) is 0 Å². The van der Waals surface area contributed by atoms with Gasteiger partial charge >= 0.3 is 0 Å². The number of hydrogen-bond acceptors (Lipinski definition) is 1. The molecule has 2 unspecified atom stereocenters. The molecule has 0 amide bonds. The van der Waals surface area contributed by atoms with Crippen LogP contribution in [0.2, 0.25) is 0 Å². The van der Waals surface area contributed by atoms with Gasteiger partial charge in [-0.1, -0.05) is 48.3 Å². The van der Waals surface area contributed by atoms with Crippen LogP contribution in [0, 0.1) is 35.0 Å². The number of fused-ring (bicyclic) bond motifs is 5. The first-order valence-electron chi connectivity index (χ1n) is 8.99. The summed E-state index contributed by atoms with van der Waals surface area (Å²) >= 11 is 2.61. The summed E-state index contributed by atoms with van der Waals surface area (Å²) in [6.07, 6.45) is 14.1. The molecule has 4 saturated carbocycles. The standard InChI is InChI=1S/C18H29IO/c19-11-18-9-3-6-15(18)14-8-7-12-4-1-2-5-13(12)17(14)16(20)10-18/h12-17,20H,1-11H2/t12?,13-,14-,15-,16-,17+,18?/m0/s1. The Labute approximate surface area is 137 Å². The van der Waals surface area contributed by atoms with Gasteiger partial charge in [-0.25, -0.2) is 0 Å². The highest BCUT2D eigenvalue weighted by atomic mass is 127. The Kier molecular flexibility index (Phi) is 3.86. The predicted octanol–water partition coefficient (Wildman–Crippen LogP) is 4.81. The summed E-state index contributed by atoms with van der Waals surface area (Å²) in [7, 11) is 0. The SMILES string of the molecule is O[C@H]1CC2(CI)CCC[C@H]2[C@@H]2CCC3CCCC[C@@H]3[C@H]21. The number of rotatable bonds is 1. The zero-order chi connectivity index (χ0) is 13.7.